The summed E-state index contributed by atoms with van der Waals surface area (Å²) in [7, 11) is 3.01. The van der Waals surface area contributed by atoms with Gasteiger partial charge in [-0.15, -0.1) is 0 Å². The molecule has 0 fully saturated rings. The van der Waals surface area contributed by atoms with Gasteiger partial charge in [-0.25, -0.2) is 4.39 Å². The second-order valence-electron chi connectivity index (χ2n) is 4.27. The van der Waals surface area contributed by atoms with E-state index in [9.17, 15) is 4.39 Å². The Morgan fingerprint density at radius 2 is 1.86 bits per heavy atom. The molecule has 1 unspecified atom stereocenters. The molecule has 0 heterocycles. The van der Waals surface area contributed by atoms with Crippen molar-refractivity contribution in [3.8, 4) is 11.5 Å². The van der Waals surface area contributed by atoms with E-state index in [0.717, 1.165) is 15.6 Å². The number of alkyl halides is 1. The third-order valence-corrected chi connectivity index (χ3v) is 4.81. The van der Waals surface area contributed by atoms with E-state index in [4.69, 9.17) is 21.1 Å². The average molecular weight is 439 g/mol. The maximum Gasteiger partial charge on any atom is 0.165 e. The third-order valence-electron chi connectivity index (χ3n) is 2.98. The predicted molar refractivity (Wildman–Crippen MR) is 89.4 cm³/mol. The number of ether oxygens (including phenoxy) is 2. The molecule has 1 atom stereocenters. The van der Waals surface area contributed by atoms with Crippen LogP contribution in [0.2, 0.25) is 5.02 Å². The highest BCUT2D eigenvalue weighted by Gasteiger charge is 2.19. The first-order chi connectivity index (χ1) is 9.97. The van der Waals surface area contributed by atoms with Crippen molar-refractivity contribution >= 4 is 43.5 Å². The minimum atomic E-state index is -0.417. The quantitative estimate of drug-likeness (QED) is 0.567. The fourth-order valence-corrected chi connectivity index (χ4v) is 3.62. The van der Waals surface area contributed by atoms with Crippen LogP contribution in [0, 0.1) is 5.82 Å². The number of halogens is 4. The summed E-state index contributed by atoms with van der Waals surface area (Å²) in [5, 5.41) is 0.566. The summed E-state index contributed by atoms with van der Waals surface area (Å²) < 4.78 is 24.9. The van der Waals surface area contributed by atoms with Crippen molar-refractivity contribution in [2.24, 2.45) is 0 Å². The summed E-state index contributed by atoms with van der Waals surface area (Å²) in [5.41, 5.74) is 1.54. The fraction of sp³-hybridized carbons (Fsp3) is 0.200. The van der Waals surface area contributed by atoms with Crippen molar-refractivity contribution in [1.29, 1.82) is 0 Å². The normalized spacial score (nSPS) is 12.1. The zero-order chi connectivity index (χ0) is 15.6. The number of hydrogen-bond donors (Lipinski definition) is 0. The second kappa shape index (κ2) is 6.99. The average Bonchev–Trinajstić information content (AvgIpc) is 2.45. The Morgan fingerprint density at radius 3 is 2.43 bits per heavy atom. The Labute approximate surface area is 144 Å². The van der Waals surface area contributed by atoms with Gasteiger partial charge in [-0.1, -0.05) is 33.6 Å². The summed E-state index contributed by atoms with van der Waals surface area (Å²) in [6.45, 7) is 0. The molecule has 0 saturated heterocycles. The van der Waals surface area contributed by atoms with Crippen LogP contribution >= 0.6 is 43.5 Å². The molecule has 0 aromatic heterocycles. The summed E-state index contributed by atoms with van der Waals surface area (Å²) >= 11 is 13.1. The summed E-state index contributed by atoms with van der Waals surface area (Å²) in [5.74, 6) is 0.440. The van der Waals surface area contributed by atoms with Crippen LogP contribution in [0.1, 0.15) is 16.0 Å². The van der Waals surface area contributed by atoms with Crippen LogP contribution in [0.25, 0.3) is 0 Å². The van der Waals surface area contributed by atoms with Crippen molar-refractivity contribution in [3.05, 3.63) is 56.8 Å². The van der Waals surface area contributed by atoms with Crippen LogP contribution < -0.4 is 9.47 Å². The molecule has 0 radical (unpaired) electrons. The molecule has 0 N–H and O–H groups in total. The van der Waals surface area contributed by atoms with Gasteiger partial charge in [-0.2, -0.15) is 0 Å². The van der Waals surface area contributed by atoms with Crippen LogP contribution in [-0.2, 0) is 0 Å². The van der Waals surface area contributed by atoms with Gasteiger partial charge in [0.25, 0.3) is 0 Å². The fourth-order valence-electron chi connectivity index (χ4n) is 2.00. The van der Waals surface area contributed by atoms with Gasteiger partial charge in [0.1, 0.15) is 5.75 Å². The van der Waals surface area contributed by atoms with Gasteiger partial charge in [-0.3, -0.25) is 0 Å². The van der Waals surface area contributed by atoms with Crippen molar-refractivity contribution in [1.82, 2.24) is 0 Å². The van der Waals surface area contributed by atoms with Crippen molar-refractivity contribution in [2.75, 3.05) is 14.2 Å². The molecule has 2 rings (SSSR count). The zero-order valence-corrected chi connectivity index (χ0v) is 15.2. The Morgan fingerprint density at radius 1 is 1.14 bits per heavy atom. The summed E-state index contributed by atoms with van der Waals surface area (Å²) in [4.78, 5) is -0.261. The molecule has 21 heavy (non-hydrogen) atoms. The lowest BCUT2D eigenvalue weighted by Gasteiger charge is -2.17. The van der Waals surface area contributed by atoms with E-state index >= 15 is 0 Å². The first-order valence-corrected chi connectivity index (χ1v) is 8.07. The highest BCUT2D eigenvalue weighted by atomic mass is 79.9. The van der Waals surface area contributed by atoms with E-state index in [-0.39, 0.29) is 10.6 Å². The molecule has 6 heteroatoms. The van der Waals surface area contributed by atoms with Crippen LogP contribution in [0.4, 0.5) is 4.39 Å². The molecule has 0 spiro atoms. The smallest absolute Gasteiger partial charge is 0.165 e. The van der Waals surface area contributed by atoms with E-state index < -0.39 is 5.82 Å². The minimum absolute atomic E-state index is 0.206. The Balaban J connectivity index is 2.49. The Kier molecular flexibility index (Phi) is 5.52. The molecule has 2 nitrogen and oxygen atoms in total. The topological polar surface area (TPSA) is 18.5 Å². The van der Waals surface area contributed by atoms with Gasteiger partial charge >= 0.3 is 0 Å². The SMILES string of the molecule is COc1ccc(C(Br)c2cc(Cl)cc(Br)c2OC)cc1F. The summed E-state index contributed by atoms with van der Waals surface area (Å²) in [6, 6.07) is 8.33. The third kappa shape index (κ3) is 3.52. The van der Waals surface area contributed by atoms with E-state index in [2.05, 4.69) is 31.9 Å². The highest BCUT2D eigenvalue weighted by molar-refractivity contribution is 9.10. The molecule has 2 aromatic rings. The molecule has 0 aliphatic rings. The number of benzene rings is 2. The minimum Gasteiger partial charge on any atom is -0.495 e. The van der Waals surface area contributed by atoms with Crippen LogP contribution in [0.5, 0.6) is 11.5 Å². The Hall–Kier alpha value is -0.780. The lowest BCUT2D eigenvalue weighted by atomic mass is 10.0. The van der Waals surface area contributed by atoms with Crippen molar-refractivity contribution in [2.45, 2.75) is 4.83 Å². The van der Waals surface area contributed by atoms with E-state index in [1.165, 1.54) is 13.2 Å². The maximum atomic E-state index is 13.9. The molecule has 0 saturated carbocycles. The summed E-state index contributed by atoms with van der Waals surface area (Å²) in [6.07, 6.45) is 0. The highest BCUT2D eigenvalue weighted by Crippen LogP contribution is 2.42. The van der Waals surface area contributed by atoms with Gasteiger partial charge in [0, 0.05) is 10.6 Å². The maximum absolute atomic E-state index is 13.9. The largest absolute Gasteiger partial charge is 0.495 e. The van der Waals surface area contributed by atoms with E-state index in [0.29, 0.717) is 10.8 Å². The number of rotatable bonds is 4. The molecule has 0 amide bonds. The first kappa shape index (κ1) is 16.6. The first-order valence-electron chi connectivity index (χ1n) is 5.98. The van der Waals surface area contributed by atoms with Crippen LogP contribution in [-0.4, -0.2) is 14.2 Å². The molecule has 112 valence electrons. The lowest BCUT2D eigenvalue weighted by molar-refractivity contribution is 0.386. The van der Waals surface area contributed by atoms with Gasteiger partial charge in [0.05, 0.1) is 23.5 Å². The van der Waals surface area contributed by atoms with E-state index in [1.807, 2.05) is 0 Å². The van der Waals surface area contributed by atoms with Crippen LogP contribution in [0.3, 0.4) is 0 Å². The van der Waals surface area contributed by atoms with Crippen LogP contribution in [0.15, 0.2) is 34.8 Å². The number of methoxy groups -OCH3 is 2. The molecule has 0 aliphatic carbocycles. The predicted octanol–water partition coefficient (Wildman–Crippen LogP) is 5.74. The van der Waals surface area contributed by atoms with Gasteiger partial charge in [-0.05, 0) is 45.8 Å². The molecular formula is C15H12Br2ClFO2. The van der Waals surface area contributed by atoms with E-state index in [1.54, 1.807) is 31.4 Å². The standard InChI is InChI=1S/C15H12Br2ClFO2/c1-20-13-4-3-8(5-12(13)19)14(17)10-6-9(18)7-11(16)15(10)21-2/h3-7,14H,1-2H3. The molecule has 2 aromatic carbocycles. The van der Waals surface area contributed by atoms with Crippen molar-refractivity contribution < 1.29 is 13.9 Å². The van der Waals surface area contributed by atoms with Gasteiger partial charge in [0.2, 0.25) is 0 Å². The van der Waals surface area contributed by atoms with Gasteiger partial charge < -0.3 is 9.47 Å². The van der Waals surface area contributed by atoms with Crippen molar-refractivity contribution in [3.63, 3.8) is 0 Å². The monoisotopic (exact) mass is 436 g/mol. The Bertz CT molecular complexity index is 664. The number of hydrogen-bond acceptors (Lipinski definition) is 2. The van der Waals surface area contributed by atoms with Gasteiger partial charge in [0.15, 0.2) is 11.6 Å². The lowest BCUT2D eigenvalue weighted by Crippen LogP contribution is -1.99. The second-order valence-corrected chi connectivity index (χ2v) is 6.47. The molecule has 0 aliphatic heterocycles. The molecule has 0 bridgehead atoms. The molecular weight excluding hydrogens is 426 g/mol. The zero-order valence-electron chi connectivity index (χ0n) is 11.3.